The molecular formula is C14H13N3O5S. The molecule has 8 nitrogen and oxygen atoms in total. The lowest BCUT2D eigenvalue weighted by atomic mass is 10.3. The fourth-order valence-electron chi connectivity index (χ4n) is 1.65. The molecule has 23 heavy (non-hydrogen) atoms. The molecule has 0 aliphatic heterocycles. The second-order valence-corrected chi connectivity index (χ2v) is 6.18. The molecule has 1 aromatic carbocycles. The fraction of sp³-hybridized carbons (Fsp3) is 0.0714. The van der Waals surface area contributed by atoms with Crippen LogP contribution < -0.4 is 10.0 Å². The van der Waals surface area contributed by atoms with E-state index in [2.05, 4.69) is 10.3 Å². The molecule has 0 saturated heterocycles. The van der Waals surface area contributed by atoms with Gasteiger partial charge in [-0.05, 0) is 36.4 Å². The molecule has 1 heterocycles. The number of aliphatic carboxylic acids is 1. The minimum absolute atomic E-state index is 0.102. The number of carboxylic acid groups (broad SMARTS) is 1. The Hall–Kier alpha value is -2.78. The molecule has 0 radical (unpaired) electrons. The van der Waals surface area contributed by atoms with E-state index in [1.165, 1.54) is 30.5 Å². The summed E-state index contributed by atoms with van der Waals surface area (Å²) < 4.78 is 25.6. The first-order valence-corrected chi connectivity index (χ1v) is 7.91. The van der Waals surface area contributed by atoms with Crippen molar-refractivity contribution in [3.63, 3.8) is 0 Å². The first kappa shape index (κ1) is 16.6. The molecule has 0 saturated carbocycles. The summed E-state index contributed by atoms with van der Waals surface area (Å²) in [5.41, 5.74) is 0.616. The van der Waals surface area contributed by atoms with E-state index in [0.29, 0.717) is 5.69 Å². The van der Waals surface area contributed by atoms with Gasteiger partial charge in [0.25, 0.3) is 5.91 Å². The molecule has 0 atom stereocenters. The summed E-state index contributed by atoms with van der Waals surface area (Å²) in [5.74, 6) is -1.71. The predicted octanol–water partition coefficient (Wildman–Crippen LogP) is 0.697. The maximum Gasteiger partial charge on any atom is 0.318 e. The van der Waals surface area contributed by atoms with Crippen molar-refractivity contribution in [3.05, 3.63) is 54.4 Å². The number of pyridine rings is 1. The van der Waals surface area contributed by atoms with Gasteiger partial charge in [-0.2, -0.15) is 4.72 Å². The van der Waals surface area contributed by atoms with E-state index in [1.54, 1.807) is 18.2 Å². The van der Waals surface area contributed by atoms with Crippen molar-refractivity contribution < 1.29 is 23.1 Å². The Morgan fingerprint density at radius 2 is 1.78 bits per heavy atom. The zero-order valence-electron chi connectivity index (χ0n) is 11.8. The van der Waals surface area contributed by atoms with E-state index in [4.69, 9.17) is 5.11 Å². The summed E-state index contributed by atoms with van der Waals surface area (Å²) in [6.07, 6.45) is 1.48. The third-order valence-corrected chi connectivity index (χ3v) is 4.15. The Balaban J connectivity index is 2.08. The van der Waals surface area contributed by atoms with Crippen molar-refractivity contribution in [1.29, 1.82) is 0 Å². The number of aromatic nitrogens is 1. The minimum Gasteiger partial charge on any atom is -0.480 e. The molecule has 0 aliphatic rings. The molecule has 120 valence electrons. The zero-order valence-corrected chi connectivity index (χ0v) is 12.6. The van der Waals surface area contributed by atoms with Crippen molar-refractivity contribution in [2.24, 2.45) is 0 Å². The van der Waals surface area contributed by atoms with Gasteiger partial charge in [0.2, 0.25) is 10.0 Å². The molecule has 0 fully saturated rings. The van der Waals surface area contributed by atoms with E-state index in [-0.39, 0.29) is 10.6 Å². The van der Waals surface area contributed by atoms with Gasteiger partial charge < -0.3 is 10.4 Å². The van der Waals surface area contributed by atoms with Gasteiger partial charge >= 0.3 is 5.97 Å². The van der Waals surface area contributed by atoms with Gasteiger partial charge in [0.1, 0.15) is 12.2 Å². The maximum atomic E-state index is 11.9. The quantitative estimate of drug-likeness (QED) is 0.713. The van der Waals surface area contributed by atoms with Gasteiger partial charge in [0, 0.05) is 11.9 Å². The average molecular weight is 335 g/mol. The highest BCUT2D eigenvalue weighted by atomic mass is 32.2. The number of sulfonamides is 1. The van der Waals surface area contributed by atoms with Crippen LogP contribution in [0.15, 0.2) is 53.6 Å². The molecule has 0 bridgehead atoms. The van der Waals surface area contributed by atoms with E-state index < -0.39 is 28.4 Å². The van der Waals surface area contributed by atoms with Crippen LogP contribution in [0.2, 0.25) is 0 Å². The molecule has 1 amide bonds. The molecule has 3 N–H and O–H groups in total. The Morgan fingerprint density at radius 1 is 1.09 bits per heavy atom. The lowest BCUT2D eigenvalue weighted by Gasteiger charge is -2.07. The number of hydrogen-bond acceptors (Lipinski definition) is 5. The Labute approximate surface area is 132 Å². The minimum atomic E-state index is -3.91. The monoisotopic (exact) mass is 335 g/mol. The Bertz CT molecular complexity index is 804. The predicted molar refractivity (Wildman–Crippen MR) is 81.5 cm³/mol. The number of carbonyl (C=O) groups excluding carboxylic acids is 1. The number of rotatable bonds is 6. The number of benzene rings is 1. The summed E-state index contributed by atoms with van der Waals surface area (Å²) in [4.78, 5) is 26.1. The smallest absolute Gasteiger partial charge is 0.318 e. The number of nitrogens with zero attached hydrogens (tertiary/aromatic N) is 1. The third kappa shape index (κ3) is 4.59. The van der Waals surface area contributed by atoms with Crippen molar-refractivity contribution >= 4 is 27.6 Å². The molecular weight excluding hydrogens is 322 g/mol. The van der Waals surface area contributed by atoms with Crippen molar-refractivity contribution in [1.82, 2.24) is 9.71 Å². The molecule has 2 rings (SSSR count). The van der Waals surface area contributed by atoms with Crippen LogP contribution >= 0.6 is 0 Å². The van der Waals surface area contributed by atoms with E-state index in [0.717, 1.165) is 0 Å². The van der Waals surface area contributed by atoms with Crippen LogP contribution in [0.3, 0.4) is 0 Å². The van der Waals surface area contributed by atoms with Crippen LogP contribution in [-0.2, 0) is 14.8 Å². The highest BCUT2D eigenvalue weighted by Crippen LogP contribution is 2.14. The lowest BCUT2D eigenvalue weighted by Crippen LogP contribution is -2.29. The van der Waals surface area contributed by atoms with Crippen molar-refractivity contribution in [2.45, 2.75) is 4.90 Å². The summed E-state index contributed by atoms with van der Waals surface area (Å²) in [7, 11) is -3.91. The largest absolute Gasteiger partial charge is 0.480 e. The van der Waals surface area contributed by atoms with Crippen LogP contribution in [0.4, 0.5) is 5.69 Å². The fourth-order valence-corrected chi connectivity index (χ4v) is 2.62. The van der Waals surface area contributed by atoms with Gasteiger partial charge in [-0.25, -0.2) is 8.42 Å². The van der Waals surface area contributed by atoms with Gasteiger partial charge in [-0.3, -0.25) is 14.6 Å². The highest BCUT2D eigenvalue weighted by Gasteiger charge is 2.15. The first-order chi connectivity index (χ1) is 10.9. The second kappa shape index (κ2) is 6.99. The number of hydrogen-bond donors (Lipinski definition) is 3. The van der Waals surface area contributed by atoms with E-state index in [1.807, 2.05) is 4.72 Å². The van der Waals surface area contributed by atoms with Gasteiger partial charge in [-0.1, -0.05) is 6.07 Å². The second-order valence-electron chi connectivity index (χ2n) is 4.41. The number of carboxylic acids is 1. The topological polar surface area (TPSA) is 125 Å². The van der Waals surface area contributed by atoms with Crippen molar-refractivity contribution in [3.8, 4) is 0 Å². The zero-order chi connectivity index (χ0) is 16.9. The Kier molecular flexibility index (Phi) is 5.04. The number of amides is 1. The molecule has 0 unspecified atom stereocenters. The van der Waals surface area contributed by atoms with Crippen LogP contribution in [0.25, 0.3) is 0 Å². The van der Waals surface area contributed by atoms with Gasteiger partial charge in [-0.15, -0.1) is 0 Å². The molecule has 0 spiro atoms. The summed E-state index contributed by atoms with van der Waals surface area (Å²) in [5, 5.41) is 11.1. The Morgan fingerprint density at radius 3 is 2.35 bits per heavy atom. The van der Waals surface area contributed by atoms with Crippen molar-refractivity contribution in [2.75, 3.05) is 11.9 Å². The molecule has 1 aromatic heterocycles. The number of anilines is 1. The first-order valence-electron chi connectivity index (χ1n) is 6.42. The van der Waals surface area contributed by atoms with Gasteiger partial charge in [0.05, 0.1) is 4.90 Å². The lowest BCUT2D eigenvalue weighted by molar-refractivity contribution is -0.135. The SMILES string of the molecule is O=C(O)CNS(=O)(=O)c1ccc(NC(=O)c2ccccn2)cc1. The highest BCUT2D eigenvalue weighted by molar-refractivity contribution is 7.89. The van der Waals surface area contributed by atoms with E-state index in [9.17, 15) is 18.0 Å². The molecule has 2 aromatic rings. The average Bonchev–Trinajstić information content (AvgIpc) is 2.54. The molecule has 0 aliphatic carbocycles. The summed E-state index contributed by atoms with van der Waals surface area (Å²) in [6.45, 7) is -0.708. The van der Waals surface area contributed by atoms with Gasteiger partial charge in [0.15, 0.2) is 0 Å². The standard InChI is InChI=1S/C14H13N3O5S/c18-13(19)9-16-23(21,22)11-6-4-10(5-7-11)17-14(20)12-3-1-2-8-15-12/h1-8,16H,9H2,(H,17,20)(H,18,19). The van der Waals surface area contributed by atoms with Crippen LogP contribution in [-0.4, -0.2) is 36.9 Å². The van der Waals surface area contributed by atoms with Crippen LogP contribution in [0.1, 0.15) is 10.5 Å². The maximum absolute atomic E-state index is 11.9. The van der Waals surface area contributed by atoms with Crippen LogP contribution in [0, 0.1) is 0 Å². The summed E-state index contributed by atoms with van der Waals surface area (Å²) >= 11 is 0. The van der Waals surface area contributed by atoms with E-state index >= 15 is 0 Å². The van der Waals surface area contributed by atoms with Crippen LogP contribution in [0.5, 0.6) is 0 Å². The molecule has 9 heteroatoms. The normalized spacial score (nSPS) is 11.0. The third-order valence-electron chi connectivity index (χ3n) is 2.73. The summed E-state index contributed by atoms with van der Waals surface area (Å²) in [6, 6.07) is 10.2. The number of carbonyl (C=O) groups is 2. The number of nitrogens with one attached hydrogen (secondary N) is 2.